The van der Waals surface area contributed by atoms with Crippen LogP contribution in [-0.2, 0) is 5.41 Å². The van der Waals surface area contributed by atoms with E-state index in [0.29, 0.717) is 26.2 Å². The molecular weight excluding hydrogens is 356 g/mol. The lowest BCUT2D eigenvalue weighted by Crippen LogP contribution is -2.52. The van der Waals surface area contributed by atoms with Crippen LogP contribution in [0.1, 0.15) is 25.8 Å². The quantitative estimate of drug-likeness (QED) is 0.484. The molecule has 1 N–H and O–H groups in total. The molecule has 0 atom stereocenters. The van der Waals surface area contributed by atoms with Crippen molar-refractivity contribution in [2.24, 2.45) is 0 Å². The molecule has 1 saturated heterocycles. The van der Waals surface area contributed by atoms with E-state index in [0.717, 1.165) is 32.9 Å². The summed E-state index contributed by atoms with van der Waals surface area (Å²) >= 11 is 2.82. The molecule has 6 nitrogen and oxygen atoms in total. The van der Waals surface area contributed by atoms with Gasteiger partial charge in [-0.2, -0.15) is 0 Å². The summed E-state index contributed by atoms with van der Waals surface area (Å²) < 4.78 is 2.80. The van der Waals surface area contributed by atoms with Crippen molar-refractivity contribution in [3.05, 3.63) is 28.4 Å². The molecule has 0 saturated carbocycles. The van der Waals surface area contributed by atoms with Gasteiger partial charge in [-0.25, -0.2) is 9.29 Å². The monoisotopic (exact) mass is 380 g/mol. The smallest absolute Gasteiger partial charge is 0.298 e. The predicted octanol–water partition coefficient (Wildman–Crippen LogP) is 4.03. The van der Waals surface area contributed by atoms with Crippen molar-refractivity contribution >= 4 is 44.4 Å². The lowest BCUT2D eigenvalue weighted by molar-refractivity contribution is -0.864. The van der Waals surface area contributed by atoms with Crippen molar-refractivity contribution in [3.63, 3.8) is 0 Å². The number of nitrogens with zero attached hydrogens (tertiary/aromatic N) is 3. The van der Waals surface area contributed by atoms with Crippen LogP contribution in [0.15, 0.2) is 18.2 Å². The summed E-state index contributed by atoms with van der Waals surface area (Å²) in [4.78, 5) is 16.9. The summed E-state index contributed by atoms with van der Waals surface area (Å²) in [6, 6.07) is 5.81. The Morgan fingerprint density at radius 1 is 1.36 bits per heavy atom. The maximum Gasteiger partial charge on any atom is 0.298 e. The number of thiazole rings is 1. The number of benzene rings is 1. The number of anilines is 1. The van der Waals surface area contributed by atoms with Crippen molar-refractivity contribution in [2.45, 2.75) is 26.2 Å². The summed E-state index contributed by atoms with van der Waals surface area (Å²) in [5.41, 5.74) is 1.76. The average Bonchev–Trinajstić information content (AvgIpc) is 2.93. The Hall–Kier alpha value is -1.19. The molecule has 136 valence electrons. The number of likely N-dealkylation sites (N-methyl/N-ethyl adjacent to an activating group) is 1. The number of hydrogen-bond acceptors (Lipinski definition) is 6. The summed E-state index contributed by atoms with van der Waals surface area (Å²) in [6.07, 6.45) is 0. The number of fused-ring (bicyclic) bond motifs is 1. The molecule has 0 aliphatic carbocycles. The maximum atomic E-state index is 12.3. The predicted molar refractivity (Wildman–Crippen MR) is 106 cm³/mol. The molecule has 3 rings (SSSR count). The zero-order chi connectivity index (χ0) is 18.2. The fraction of sp³-hybridized carbons (Fsp3) is 0.529. The highest BCUT2D eigenvalue weighted by Crippen LogP contribution is 2.32. The minimum atomic E-state index is -0.225. The van der Waals surface area contributed by atoms with Gasteiger partial charge in [0.05, 0.1) is 48.5 Å². The first-order valence-electron chi connectivity index (χ1n) is 8.33. The molecular formula is C17H24N4O2S2. The molecule has 0 radical (unpaired) electrons. The number of aromatic nitrogens is 1. The van der Waals surface area contributed by atoms with Crippen LogP contribution in [0.25, 0.3) is 10.2 Å². The van der Waals surface area contributed by atoms with Gasteiger partial charge in [0.25, 0.3) is 5.24 Å². The Labute approximate surface area is 156 Å². The fourth-order valence-corrected chi connectivity index (χ4v) is 4.35. The highest BCUT2D eigenvalue weighted by molar-refractivity contribution is 8.11. The van der Waals surface area contributed by atoms with E-state index in [-0.39, 0.29) is 15.3 Å². The van der Waals surface area contributed by atoms with Crippen LogP contribution in [0.5, 0.6) is 0 Å². The first kappa shape index (κ1) is 18.6. The van der Waals surface area contributed by atoms with Gasteiger partial charge in [0.2, 0.25) is 0 Å². The highest BCUT2D eigenvalue weighted by Gasteiger charge is 2.24. The largest absolute Gasteiger partial charge is 0.633 e. The number of nitrogens with one attached hydrogen (secondary N) is 1. The molecule has 1 aliphatic heterocycles. The first-order chi connectivity index (χ1) is 11.6. The van der Waals surface area contributed by atoms with Gasteiger partial charge in [-0.05, 0) is 18.2 Å². The standard InChI is InChI=1S/C17H24N4O2S2/c1-17(2,3)15-19-13-6-5-12(11-14(13)24-15)18-16(22)25-20-7-9-21(4,23)10-8-20/h5-6,11H,7-10H2,1-4H3,(H,18,22). The van der Waals surface area contributed by atoms with Gasteiger partial charge in [0, 0.05) is 23.1 Å². The van der Waals surface area contributed by atoms with Crippen molar-refractivity contribution in [2.75, 3.05) is 38.5 Å². The molecule has 0 unspecified atom stereocenters. The number of hydrogen-bond donors (Lipinski definition) is 1. The molecule has 2 aromatic rings. The van der Waals surface area contributed by atoms with Crippen LogP contribution in [-0.4, -0.2) is 52.4 Å². The van der Waals surface area contributed by atoms with Crippen molar-refractivity contribution < 1.29 is 9.44 Å². The summed E-state index contributed by atoms with van der Waals surface area (Å²) in [5.74, 6) is 0. The zero-order valence-corrected chi connectivity index (χ0v) is 16.7. The second kappa shape index (κ2) is 6.85. The van der Waals surface area contributed by atoms with E-state index in [4.69, 9.17) is 0 Å². The molecule has 0 spiro atoms. The van der Waals surface area contributed by atoms with Gasteiger partial charge >= 0.3 is 0 Å². The normalized spacial score (nSPS) is 18.4. The summed E-state index contributed by atoms with van der Waals surface area (Å²) in [5, 5.41) is 15.7. The molecule has 25 heavy (non-hydrogen) atoms. The Kier molecular flexibility index (Phi) is 5.09. The van der Waals surface area contributed by atoms with Crippen LogP contribution in [0, 0.1) is 5.21 Å². The van der Waals surface area contributed by atoms with Crippen molar-refractivity contribution in [1.82, 2.24) is 9.29 Å². The maximum absolute atomic E-state index is 12.3. The number of quaternary nitrogens is 1. The minimum Gasteiger partial charge on any atom is -0.633 e. The second-order valence-corrected chi connectivity index (χ2v) is 9.73. The Morgan fingerprint density at radius 2 is 2.04 bits per heavy atom. The van der Waals surface area contributed by atoms with E-state index in [1.165, 1.54) is 0 Å². The van der Waals surface area contributed by atoms with Crippen LogP contribution in [0.3, 0.4) is 0 Å². The Morgan fingerprint density at radius 3 is 2.68 bits per heavy atom. The highest BCUT2D eigenvalue weighted by atomic mass is 32.2. The molecule has 1 aliphatic rings. The molecule has 8 heteroatoms. The van der Waals surface area contributed by atoms with E-state index in [2.05, 4.69) is 31.1 Å². The number of hydroxylamine groups is 3. The average molecular weight is 381 g/mol. The number of carbonyl (C=O) groups excluding carboxylic acids is 1. The number of amides is 1. The van der Waals surface area contributed by atoms with Crippen molar-refractivity contribution in [1.29, 1.82) is 0 Å². The first-order valence-corrected chi connectivity index (χ1v) is 9.92. The summed E-state index contributed by atoms with van der Waals surface area (Å²) in [6.45, 7) is 8.73. The van der Waals surface area contributed by atoms with E-state index < -0.39 is 0 Å². The molecule has 2 heterocycles. The molecule has 1 fully saturated rings. The van der Waals surface area contributed by atoms with Gasteiger partial charge in [-0.1, -0.05) is 20.8 Å². The number of carbonyl (C=O) groups is 1. The van der Waals surface area contributed by atoms with E-state index in [1.807, 2.05) is 22.5 Å². The Balaban J connectivity index is 1.63. The van der Waals surface area contributed by atoms with Gasteiger partial charge in [0.15, 0.2) is 0 Å². The van der Waals surface area contributed by atoms with Crippen LogP contribution in [0.2, 0.25) is 0 Å². The minimum absolute atomic E-state index is 0.0196. The number of rotatable bonds is 2. The van der Waals surface area contributed by atoms with Crippen molar-refractivity contribution in [3.8, 4) is 0 Å². The van der Waals surface area contributed by atoms with Crippen LogP contribution in [0.4, 0.5) is 10.5 Å². The third-order valence-electron chi connectivity index (χ3n) is 4.13. The molecule has 0 bridgehead atoms. The molecule has 1 aromatic heterocycles. The zero-order valence-electron chi connectivity index (χ0n) is 15.0. The number of piperazine rings is 1. The summed E-state index contributed by atoms with van der Waals surface area (Å²) in [7, 11) is 1.68. The van der Waals surface area contributed by atoms with Gasteiger partial charge in [-0.3, -0.25) is 4.79 Å². The molecule has 1 amide bonds. The van der Waals surface area contributed by atoms with Crippen LogP contribution < -0.4 is 5.32 Å². The third-order valence-corrected chi connectivity index (χ3v) is 6.47. The topological polar surface area (TPSA) is 68.3 Å². The van der Waals surface area contributed by atoms with E-state index in [1.54, 1.807) is 18.4 Å². The second-order valence-electron chi connectivity index (χ2n) is 7.63. The third kappa shape index (κ3) is 4.71. The van der Waals surface area contributed by atoms with E-state index >= 15 is 0 Å². The van der Waals surface area contributed by atoms with E-state index in [9.17, 15) is 10.0 Å². The fourth-order valence-electron chi connectivity index (χ4n) is 2.54. The van der Waals surface area contributed by atoms with Gasteiger partial charge in [-0.15, -0.1) is 11.3 Å². The van der Waals surface area contributed by atoms with Gasteiger partial charge in [0.1, 0.15) is 0 Å². The SMILES string of the molecule is CC(C)(C)c1nc2ccc(NC(=O)SN3CC[N+](C)([O-])CC3)cc2s1. The molecule has 1 aromatic carbocycles. The Bertz CT molecular complexity index is 773. The van der Waals surface area contributed by atoms with Gasteiger partial charge < -0.3 is 15.2 Å². The lowest BCUT2D eigenvalue weighted by atomic mass is 9.98. The lowest BCUT2D eigenvalue weighted by Gasteiger charge is -2.44. The van der Waals surface area contributed by atoms with Crippen LogP contribution >= 0.6 is 23.3 Å².